The Kier molecular flexibility index (Phi) is 5.92. The van der Waals surface area contributed by atoms with Gasteiger partial charge in [0.15, 0.2) is 0 Å². The molecule has 0 spiro atoms. The number of amides is 1. The highest BCUT2D eigenvalue weighted by atomic mass is 32.2. The lowest BCUT2D eigenvalue weighted by atomic mass is 10.3. The number of anilines is 1. The van der Waals surface area contributed by atoms with Crippen molar-refractivity contribution in [3.05, 3.63) is 24.3 Å². The first-order chi connectivity index (χ1) is 7.77. The van der Waals surface area contributed by atoms with Crippen molar-refractivity contribution in [1.82, 2.24) is 0 Å². The molecule has 0 saturated heterocycles. The molecule has 1 rings (SSSR count). The zero-order valence-corrected chi connectivity index (χ0v) is 10.0. The fourth-order valence-corrected chi connectivity index (χ4v) is 1.74. The van der Waals surface area contributed by atoms with Gasteiger partial charge in [-0.25, -0.2) is 0 Å². The van der Waals surface area contributed by atoms with Crippen LogP contribution in [0.3, 0.4) is 0 Å². The van der Waals surface area contributed by atoms with Crippen molar-refractivity contribution in [2.45, 2.75) is 4.90 Å². The number of ether oxygens (including phenoxy) is 1. The summed E-state index contributed by atoms with van der Waals surface area (Å²) in [6.07, 6.45) is 1.97. The Hall–Kier alpha value is -1.04. The Bertz CT molecular complexity index is 345. The number of benzene rings is 1. The van der Waals surface area contributed by atoms with Crippen LogP contribution in [0, 0.1) is 0 Å². The highest BCUT2D eigenvalue weighted by Gasteiger charge is 2.05. The zero-order chi connectivity index (χ0) is 11.8. The Morgan fingerprint density at radius 2 is 2.25 bits per heavy atom. The average molecular weight is 240 g/mol. The summed E-state index contributed by atoms with van der Waals surface area (Å²) in [6.45, 7) is 0.867. The normalized spacial score (nSPS) is 10.1. The second-order valence-electron chi connectivity index (χ2n) is 3.09. The smallest absolute Gasteiger partial charge is 0.250 e. The number of hydrogen-bond acceptors (Lipinski definition) is 4. The third-order valence-corrected chi connectivity index (χ3v) is 2.67. The number of hydrogen-bond donors (Lipinski definition) is 2. The SMILES string of the molecule is CSc1ccccc1NC(=O)COCCN. The van der Waals surface area contributed by atoms with Crippen molar-refractivity contribution in [2.24, 2.45) is 5.73 Å². The van der Waals surface area contributed by atoms with Crippen LogP contribution in [0.25, 0.3) is 0 Å². The fourth-order valence-electron chi connectivity index (χ4n) is 1.18. The fraction of sp³-hybridized carbons (Fsp3) is 0.364. The molecule has 3 N–H and O–H groups in total. The Labute approximate surface area is 99.5 Å². The molecular formula is C11H16N2O2S. The molecule has 88 valence electrons. The number of carbonyl (C=O) groups is 1. The Balaban J connectivity index is 2.49. The number of thioether (sulfide) groups is 1. The van der Waals surface area contributed by atoms with Crippen LogP contribution in [0.5, 0.6) is 0 Å². The topological polar surface area (TPSA) is 64.3 Å². The van der Waals surface area contributed by atoms with Gasteiger partial charge in [-0.15, -0.1) is 11.8 Å². The maximum atomic E-state index is 11.5. The van der Waals surface area contributed by atoms with Gasteiger partial charge in [-0.05, 0) is 18.4 Å². The molecule has 0 bridgehead atoms. The van der Waals surface area contributed by atoms with Gasteiger partial charge in [0.2, 0.25) is 5.91 Å². The Morgan fingerprint density at radius 1 is 1.50 bits per heavy atom. The van der Waals surface area contributed by atoms with Crippen LogP contribution in [-0.2, 0) is 9.53 Å². The maximum absolute atomic E-state index is 11.5. The zero-order valence-electron chi connectivity index (χ0n) is 9.23. The number of para-hydroxylation sites is 1. The van der Waals surface area contributed by atoms with E-state index < -0.39 is 0 Å². The molecule has 0 unspecified atom stereocenters. The first-order valence-electron chi connectivity index (χ1n) is 4.98. The summed E-state index contributed by atoms with van der Waals surface area (Å²) in [5.74, 6) is -0.157. The molecule has 5 heteroatoms. The summed E-state index contributed by atoms with van der Waals surface area (Å²) in [4.78, 5) is 12.5. The lowest BCUT2D eigenvalue weighted by Crippen LogP contribution is -2.21. The molecule has 0 saturated carbocycles. The molecule has 1 aromatic rings. The third-order valence-electron chi connectivity index (χ3n) is 1.88. The lowest BCUT2D eigenvalue weighted by molar-refractivity contribution is -0.120. The first-order valence-corrected chi connectivity index (χ1v) is 6.21. The van der Waals surface area contributed by atoms with E-state index in [1.165, 1.54) is 0 Å². The number of nitrogens with two attached hydrogens (primary N) is 1. The van der Waals surface area contributed by atoms with Crippen molar-refractivity contribution in [1.29, 1.82) is 0 Å². The molecule has 0 aliphatic heterocycles. The molecule has 4 nitrogen and oxygen atoms in total. The summed E-state index contributed by atoms with van der Waals surface area (Å²) in [5.41, 5.74) is 6.07. The molecule has 0 fully saturated rings. The van der Waals surface area contributed by atoms with Crippen molar-refractivity contribution in [2.75, 3.05) is 31.3 Å². The minimum Gasteiger partial charge on any atom is -0.370 e. The van der Waals surface area contributed by atoms with Crippen LogP contribution in [0.4, 0.5) is 5.69 Å². The monoisotopic (exact) mass is 240 g/mol. The van der Waals surface area contributed by atoms with Gasteiger partial charge >= 0.3 is 0 Å². The predicted octanol–water partition coefficient (Wildman–Crippen LogP) is 1.32. The van der Waals surface area contributed by atoms with E-state index in [9.17, 15) is 4.79 Å². The summed E-state index contributed by atoms with van der Waals surface area (Å²) >= 11 is 1.59. The highest BCUT2D eigenvalue weighted by molar-refractivity contribution is 7.98. The van der Waals surface area contributed by atoms with Gasteiger partial charge in [0.05, 0.1) is 12.3 Å². The minimum absolute atomic E-state index is 0.0416. The maximum Gasteiger partial charge on any atom is 0.250 e. The van der Waals surface area contributed by atoms with Crippen LogP contribution in [-0.4, -0.2) is 31.9 Å². The van der Waals surface area contributed by atoms with Gasteiger partial charge in [0.25, 0.3) is 0 Å². The van der Waals surface area contributed by atoms with E-state index in [4.69, 9.17) is 10.5 Å². The largest absolute Gasteiger partial charge is 0.370 e. The lowest BCUT2D eigenvalue weighted by Gasteiger charge is -2.09. The summed E-state index contributed by atoms with van der Waals surface area (Å²) in [5, 5.41) is 2.79. The molecule has 16 heavy (non-hydrogen) atoms. The molecule has 0 radical (unpaired) electrons. The Morgan fingerprint density at radius 3 is 2.94 bits per heavy atom. The van der Waals surface area contributed by atoms with Crippen LogP contribution < -0.4 is 11.1 Å². The van der Waals surface area contributed by atoms with Crippen LogP contribution in [0.1, 0.15) is 0 Å². The van der Waals surface area contributed by atoms with E-state index in [2.05, 4.69) is 5.32 Å². The van der Waals surface area contributed by atoms with Gasteiger partial charge in [-0.2, -0.15) is 0 Å². The second-order valence-corrected chi connectivity index (χ2v) is 3.94. The van der Waals surface area contributed by atoms with E-state index in [0.717, 1.165) is 10.6 Å². The molecule has 1 amide bonds. The van der Waals surface area contributed by atoms with Crippen LogP contribution >= 0.6 is 11.8 Å². The minimum atomic E-state index is -0.157. The molecule has 0 aliphatic rings. The summed E-state index contributed by atoms with van der Waals surface area (Å²) < 4.78 is 5.05. The number of nitrogens with one attached hydrogen (secondary N) is 1. The van der Waals surface area contributed by atoms with E-state index in [-0.39, 0.29) is 12.5 Å². The molecule has 1 aromatic carbocycles. The van der Waals surface area contributed by atoms with Gasteiger partial charge < -0.3 is 15.8 Å². The van der Waals surface area contributed by atoms with Crippen LogP contribution in [0.2, 0.25) is 0 Å². The first kappa shape index (κ1) is 13.0. The molecule has 0 aromatic heterocycles. The van der Waals surface area contributed by atoms with E-state index in [1.54, 1.807) is 11.8 Å². The highest BCUT2D eigenvalue weighted by Crippen LogP contribution is 2.24. The van der Waals surface area contributed by atoms with Crippen molar-refractivity contribution in [3.63, 3.8) is 0 Å². The van der Waals surface area contributed by atoms with E-state index in [1.807, 2.05) is 30.5 Å². The van der Waals surface area contributed by atoms with Gasteiger partial charge in [-0.3, -0.25) is 4.79 Å². The van der Waals surface area contributed by atoms with Gasteiger partial charge in [0.1, 0.15) is 6.61 Å². The third kappa shape index (κ3) is 4.22. The van der Waals surface area contributed by atoms with Gasteiger partial charge in [0, 0.05) is 11.4 Å². The molecule has 0 atom stereocenters. The van der Waals surface area contributed by atoms with Crippen molar-refractivity contribution >= 4 is 23.4 Å². The quantitative estimate of drug-likeness (QED) is 0.581. The van der Waals surface area contributed by atoms with Gasteiger partial charge in [-0.1, -0.05) is 12.1 Å². The molecular weight excluding hydrogens is 224 g/mol. The summed E-state index contributed by atoms with van der Waals surface area (Å²) in [6, 6.07) is 7.65. The molecule has 0 aliphatic carbocycles. The molecule has 0 heterocycles. The predicted molar refractivity (Wildman–Crippen MR) is 66.7 cm³/mol. The standard InChI is InChI=1S/C11H16N2O2S/c1-16-10-5-3-2-4-9(10)13-11(14)8-15-7-6-12/h2-5H,6-8,12H2,1H3,(H,13,14). The van der Waals surface area contributed by atoms with Crippen molar-refractivity contribution < 1.29 is 9.53 Å². The average Bonchev–Trinajstić information content (AvgIpc) is 2.30. The van der Waals surface area contributed by atoms with E-state index >= 15 is 0 Å². The number of carbonyl (C=O) groups excluding carboxylic acids is 1. The van der Waals surface area contributed by atoms with E-state index in [0.29, 0.717) is 13.2 Å². The number of rotatable bonds is 6. The second kappa shape index (κ2) is 7.27. The summed E-state index contributed by atoms with van der Waals surface area (Å²) in [7, 11) is 0. The van der Waals surface area contributed by atoms with Crippen LogP contribution in [0.15, 0.2) is 29.2 Å². The van der Waals surface area contributed by atoms with Crippen molar-refractivity contribution in [3.8, 4) is 0 Å².